The third-order valence-electron chi connectivity index (χ3n) is 6.20. The molecule has 4 rings (SSSR count). The number of hydrogen-bond donors (Lipinski definition) is 3. The molecule has 172 valence electrons. The molecule has 0 aliphatic carbocycles. The standard InChI is InChI=1S/C27H29NO5/c1-16(2)25(31)32-23-12-10-19(29)14-21(23)27(4)22-15-20(30)11-13-24(22)33-26(27)28-17(3)18-8-6-5-7-9-18/h5-17,26,28-30H,1-4H3. The number of carbonyl (C=O) groups excluding carboxylic acids is 1. The smallest absolute Gasteiger partial charge is 0.313 e. The van der Waals surface area contributed by atoms with Crippen LogP contribution in [0.25, 0.3) is 0 Å². The fourth-order valence-corrected chi connectivity index (χ4v) is 4.20. The summed E-state index contributed by atoms with van der Waals surface area (Å²) in [5, 5.41) is 24.2. The van der Waals surface area contributed by atoms with E-state index in [-0.39, 0.29) is 29.4 Å². The summed E-state index contributed by atoms with van der Waals surface area (Å²) in [7, 11) is 0. The van der Waals surface area contributed by atoms with Crippen molar-refractivity contribution in [3.8, 4) is 23.0 Å². The number of carbonyl (C=O) groups is 1. The Balaban J connectivity index is 1.83. The zero-order valence-corrected chi connectivity index (χ0v) is 19.2. The highest BCUT2D eigenvalue weighted by atomic mass is 16.5. The minimum absolute atomic E-state index is 0.0408. The predicted octanol–water partition coefficient (Wildman–Crippen LogP) is 5.03. The van der Waals surface area contributed by atoms with Crippen molar-refractivity contribution in [3.63, 3.8) is 0 Å². The third kappa shape index (κ3) is 4.26. The summed E-state index contributed by atoms with van der Waals surface area (Å²) >= 11 is 0. The monoisotopic (exact) mass is 447 g/mol. The van der Waals surface area contributed by atoms with Gasteiger partial charge in [-0.15, -0.1) is 0 Å². The quantitative estimate of drug-likeness (QED) is 0.363. The van der Waals surface area contributed by atoms with Gasteiger partial charge in [-0.1, -0.05) is 44.2 Å². The Morgan fingerprint density at radius 3 is 2.27 bits per heavy atom. The van der Waals surface area contributed by atoms with E-state index in [0.717, 1.165) is 11.1 Å². The van der Waals surface area contributed by atoms with Gasteiger partial charge >= 0.3 is 5.97 Å². The number of ether oxygens (including phenoxy) is 2. The Hall–Kier alpha value is -3.51. The van der Waals surface area contributed by atoms with Crippen LogP contribution in [0.4, 0.5) is 0 Å². The number of nitrogens with one attached hydrogen (secondary N) is 1. The van der Waals surface area contributed by atoms with Crippen LogP contribution in [-0.2, 0) is 10.2 Å². The summed E-state index contributed by atoms with van der Waals surface area (Å²) in [5.41, 5.74) is 1.51. The highest BCUT2D eigenvalue weighted by Crippen LogP contribution is 2.51. The first kappa shape index (κ1) is 22.7. The van der Waals surface area contributed by atoms with Gasteiger partial charge < -0.3 is 19.7 Å². The maximum atomic E-state index is 12.4. The maximum absolute atomic E-state index is 12.4. The topological polar surface area (TPSA) is 88.0 Å². The van der Waals surface area contributed by atoms with Gasteiger partial charge in [0, 0.05) is 17.2 Å². The second-order valence-corrected chi connectivity index (χ2v) is 8.94. The summed E-state index contributed by atoms with van der Waals surface area (Å²) in [6.45, 7) is 7.53. The Morgan fingerprint density at radius 1 is 0.970 bits per heavy atom. The van der Waals surface area contributed by atoms with Crippen molar-refractivity contribution in [3.05, 3.63) is 83.4 Å². The Morgan fingerprint density at radius 2 is 1.61 bits per heavy atom. The molecule has 1 heterocycles. The van der Waals surface area contributed by atoms with Crippen LogP contribution in [0.5, 0.6) is 23.0 Å². The molecule has 0 saturated carbocycles. The van der Waals surface area contributed by atoms with Crippen LogP contribution in [0.15, 0.2) is 66.7 Å². The first-order chi connectivity index (χ1) is 15.7. The van der Waals surface area contributed by atoms with Gasteiger partial charge in [0.25, 0.3) is 0 Å². The number of phenols is 2. The first-order valence-electron chi connectivity index (χ1n) is 11.1. The summed E-state index contributed by atoms with van der Waals surface area (Å²) < 4.78 is 12.1. The second-order valence-electron chi connectivity index (χ2n) is 8.94. The van der Waals surface area contributed by atoms with Crippen molar-refractivity contribution >= 4 is 5.97 Å². The molecule has 3 aromatic carbocycles. The largest absolute Gasteiger partial charge is 0.508 e. The molecule has 0 saturated heterocycles. The third-order valence-corrected chi connectivity index (χ3v) is 6.20. The van der Waals surface area contributed by atoms with E-state index >= 15 is 0 Å². The molecule has 3 atom stereocenters. The number of aromatic hydroxyl groups is 2. The van der Waals surface area contributed by atoms with Crippen LogP contribution in [0, 0.1) is 5.92 Å². The predicted molar refractivity (Wildman–Crippen MR) is 126 cm³/mol. The highest BCUT2D eigenvalue weighted by Gasteiger charge is 2.49. The van der Waals surface area contributed by atoms with Crippen LogP contribution in [-0.4, -0.2) is 22.4 Å². The highest BCUT2D eigenvalue weighted by molar-refractivity contribution is 5.75. The molecule has 3 unspecified atom stereocenters. The lowest BCUT2D eigenvalue weighted by Gasteiger charge is -2.34. The average Bonchev–Trinajstić information content (AvgIpc) is 3.07. The summed E-state index contributed by atoms with van der Waals surface area (Å²) in [5.74, 6) is 0.399. The molecule has 0 fully saturated rings. The van der Waals surface area contributed by atoms with Gasteiger partial charge in [0.05, 0.1) is 11.3 Å². The molecule has 0 amide bonds. The van der Waals surface area contributed by atoms with Gasteiger partial charge in [-0.2, -0.15) is 0 Å². The lowest BCUT2D eigenvalue weighted by atomic mass is 9.75. The summed E-state index contributed by atoms with van der Waals surface area (Å²) in [4.78, 5) is 12.4. The molecule has 3 N–H and O–H groups in total. The van der Waals surface area contributed by atoms with E-state index in [4.69, 9.17) is 9.47 Å². The zero-order chi connectivity index (χ0) is 23.8. The Bertz CT molecular complexity index is 1160. The molecule has 0 aromatic heterocycles. The van der Waals surface area contributed by atoms with Crippen LogP contribution >= 0.6 is 0 Å². The van der Waals surface area contributed by atoms with Crippen molar-refractivity contribution in [2.45, 2.75) is 45.4 Å². The molecule has 1 aliphatic rings. The molecule has 3 aromatic rings. The van der Waals surface area contributed by atoms with Crippen molar-refractivity contribution < 1.29 is 24.5 Å². The molecular formula is C27H29NO5. The van der Waals surface area contributed by atoms with Crippen LogP contribution in [0.3, 0.4) is 0 Å². The van der Waals surface area contributed by atoms with Gasteiger partial charge in [-0.05, 0) is 55.8 Å². The maximum Gasteiger partial charge on any atom is 0.313 e. The number of benzene rings is 3. The lowest BCUT2D eigenvalue weighted by Crippen LogP contribution is -2.48. The molecular weight excluding hydrogens is 418 g/mol. The van der Waals surface area contributed by atoms with Gasteiger partial charge in [0.2, 0.25) is 0 Å². The van der Waals surface area contributed by atoms with E-state index < -0.39 is 11.6 Å². The molecule has 6 nitrogen and oxygen atoms in total. The van der Waals surface area contributed by atoms with Crippen molar-refractivity contribution in [2.24, 2.45) is 5.92 Å². The van der Waals surface area contributed by atoms with Crippen LogP contribution in [0.1, 0.15) is 50.4 Å². The molecule has 0 spiro atoms. The van der Waals surface area contributed by atoms with Crippen molar-refractivity contribution in [2.75, 3.05) is 0 Å². The van der Waals surface area contributed by atoms with Gasteiger partial charge in [-0.3, -0.25) is 10.1 Å². The Kier molecular flexibility index (Phi) is 6.04. The lowest BCUT2D eigenvalue weighted by molar-refractivity contribution is -0.137. The first-order valence-corrected chi connectivity index (χ1v) is 11.1. The minimum atomic E-state index is -0.886. The van der Waals surface area contributed by atoms with Crippen molar-refractivity contribution in [1.29, 1.82) is 0 Å². The van der Waals surface area contributed by atoms with Crippen molar-refractivity contribution in [1.82, 2.24) is 5.32 Å². The van der Waals surface area contributed by atoms with E-state index in [9.17, 15) is 15.0 Å². The Labute approximate surface area is 193 Å². The average molecular weight is 448 g/mol. The van der Waals surface area contributed by atoms with Gasteiger partial charge in [0.15, 0.2) is 6.23 Å². The van der Waals surface area contributed by atoms with E-state index in [1.165, 1.54) is 6.07 Å². The zero-order valence-electron chi connectivity index (χ0n) is 19.2. The molecule has 1 aliphatic heterocycles. The summed E-state index contributed by atoms with van der Waals surface area (Å²) in [6.07, 6.45) is -0.567. The van der Waals surface area contributed by atoms with E-state index in [0.29, 0.717) is 17.1 Å². The number of fused-ring (bicyclic) bond motifs is 1. The second kappa shape index (κ2) is 8.79. The number of rotatable bonds is 6. The fraction of sp³-hybridized carbons (Fsp3) is 0.296. The van der Waals surface area contributed by atoms with E-state index in [1.54, 1.807) is 44.2 Å². The van der Waals surface area contributed by atoms with E-state index in [2.05, 4.69) is 5.32 Å². The number of phenolic OH excluding ortho intramolecular Hbond substituents is 2. The summed E-state index contributed by atoms with van der Waals surface area (Å²) in [6, 6.07) is 19.6. The number of esters is 1. The number of hydrogen-bond acceptors (Lipinski definition) is 6. The van der Waals surface area contributed by atoms with Crippen LogP contribution < -0.4 is 14.8 Å². The van der Waals surface area contributed by atoms with Crippen LogP contribution in [0.2, 0.25) is 0 Å². The minimum Gasteiger partial charge on any atom is -0.508 e. The SMILES string of the molecule is CC(C)C(=O)Oc1ccc(O)cc1C1(C)c2cc(O)ccc2OC1NC(C)c1ccccc1. The molecule has 0 bridgehead atoms. The van der Waals surface area contributed by atoms with Gasteiger partial charge in [0.1, 0.15) is 23.0 Å². The molecule has 6 heteroatoms. The fourth-order valence-electron chi connectivity index (χ4n) is 4.20. The molecule has 0 radical (unpaired) electrons. The van der Waals surface area contributed by atoms with Gasteiger partial charge in [-0.25, -0.2) is 0 Å². The molecule has 33 heavy (non-hydrogen) atoms. The normalized spacial score (nSPS) is 20.2. The van der Waals surface area contributed by atoms with E-state index in [1.807, 2.05) is 44.2 Å².